The Balaban J connectivity index is 2.05. The molecular formula is C15H13NO2. The molecule has 0 aromatic heterocycles. The summed E-state index contributed by atoms with van der Waals surface area (Å²) in [5.74, 6) is 0. The Morgan fingerprint density at radius 3 is 2.56 bits per heavy atom. The van der Waals surface area contributed by atoms with Gasteiger partial charge in [-0.1, -0.05) is 54.6 Å². The normalized spacial score (nSPS) is 10.7. The Kier molecular flexibility index (Phi) is 3.86. The standard InChI is InChI=1S/C15H13NO2/c17-16(18)15-11-5-10-14(12-15)9-4-8-13-6-2-1-3-7-13/h1-7,9-12H,8H2/b9-4+. The molecule has 0 unspecified atom stereocenters. The predicted molar refractivity (Wildman–Crippen MR) is 72.3 cm³/mol. The van der Waals surface area contributed by atoms with Crippen LogP contribution in [0.2, 0.25) is 0 Å². The number of rotatable bonds is 4. The second-order valence-corrected chi connectivity index (χ2v) is 3.94. The van der Waals surface area contributed by atoms with Crippen molar-refractivity contribution in [3.63, 3.8) is 0 Å². The fourth-order valence-corrected chi connectivity index (χ4v) is 1.69. The third-order valence-corrected chi connectivity index (χ3v) is 2.59. The highest BCUT2D eigenvalue weighted by Crippen LogP contribution is 2.14. The maximum atomic E-state index is 10.6. The van der Waals surface area contributed by atoms with Crippen molar-refractivity contribution in [1.82, 2.24) is 0 Å². The minimum Gasteiger partial charge on any atom is -0.258 e. The van der Waals surface area contributed by atoms with Gasteiger partial charge in [0.15, 0.2) is 0 Å². The van der Waals surface area contributed by atoms with E-state index in [1.165, 1.54) is 11.6 Å². The van der Waals surface area contributed by atoms with Gasteiger partial charge in [0.05, 0.1) is 4.92 Å². The van der Waals surface area contributed by atoms with E-state index < -0.39 is 0 Å². The Labute approximate surface area is 106 Å². The lowest BCUT2D eigenvalue weighted by Gasteiger charge is -1.96. The Morgan fingerprint density at radius 1 is 1.06 bits per heavy atom. The smallest absolute Gasteiger partial charge is 0.258 e. The molecule has 0 spiro atoms. The van der Waals surface area contributed by atoms with Crippen LogP contribution in [0.4, 0.5) is 5.69 Å². The molecule has 2 aromatic carbocycles. The van der Waals surface area contributed by atoms with Crippen molar-refractivity contribution < 1.29 is 4.92 Å². The largest absolute Gasteiger partial charge is 0.270 e. The van der Waals surface area contributed by atoms with Gasteiger partial charge in [-0.05, 0) is 17.5 Å². The molecule has 0 fully saturated rings. The summed E-state index contributed by atoms with van der Waals surface area (Å²) >= 11 is 0. The summed E-state index contributed by atoms with van der Waals surface area (Å²) in [6.07, 6.45) is 4.73. The van der Waals surface area contributed by atoms with Crippen LogP contribution in [0.1, 0.15) is 11.1 Å². The van der Waals surface area contributed by atoms with E-state index in [-0.39, 0.29) is 10.6 Å². The molecule has 90 valence electrons. The van der Waals surface area contributed by atoms with Crippen molar-refractivity contribution in [2.45, 2.75) is 6.42 Å². The zero-order valence-electron chi connectivity index (χ0n) is 9.82. The van der Waals surface area contributed by atoms with Gasteiger partial charge >= 0.3 is 0 Å². The van der Waals surface area contributed by atoms with E-state index in [2.05, 4.69) is 12.1 Å². The first-order valence-electron chi connectivity index (χ1n) is 5.70. The minimum atomic E-state index is -0.380. The summed E-state index contributed by atoms with van der Waals surface area (Å²) in [4.78, 5) is 10.2. The zero-order chi connectivity index (χ0) is 12.8. The van der Waals surface area contributed by atoms with Gasteiger partial charge in [0, 0.05) is 12.1 Å². The van der Waals surface area contributed by atoms with E-state index in [4.69, 9.17) is 0 Å². The summed E-state index contributed by atoms with van der Waals surface area (Å²) in [7, 11) is 0. The molecule has 0 aliphatic carbocycles. The SMILES string of the molecule is O=[N+]([O-])c1cccc(/C=C/Cc2ccccc2)c1. The van der Waals surface area contributed by atoms with E-state index in [1.54, 1.807) is 12.1 Å². The van der Waals surface area contributed by atoms with Crippen molar-refractivity contribution in [3.05, 3.63) is 81.9 Å². The molecule has 3 heteroatoms. The zero-order valence-corrected chi connectivity index (χ0v) is 9.82. The molecule has 0 aliphatic heterocycles. The number of non-ortho nitro benzene ring substituents is 1. The summed E-state index contributed by atoms with van der Waals surface area (Å²) < 4.78 is 0. The predicted octanol–water partition coefficient (Wildman–Crippen LogP) is 3.85. The molecule has 0 atom stereocenters. The summed E-state index contributed by atoms with van der Waals surface area (Å²) in [6.45, 7) is 0. The van der Waals surface area contributed by atoms with E-state index in [0.29, 0.717) is 0 Å². The Hall–Kier alpha value is -2.42. The molecular weight excluding hydrogens is 226 g/mol. The van der Waals surface area contributed by atoms with Gasteiger partial charge in [0.2, 0.25) is 0 Å². The minimum absolute atomic E-state index is 0.122. The van der Waals surface area contributed by atoms with E-state index in [0.717, 1.165) is 12.0 Å². The quantitative estimate of drug-likeness (QED) is 0.600. The number of hydrogen-bond donors (Lipinski definition) is 0. The fraction of sp³-hybridized carbons (Fsp3) is 0.0667. The molecule has 0 saturated heterocycles. The van der Waals surface area contributed by atoms with Crippen molar-refractivity contribution in [2.24, 2.45) is 0 Å². The molecule has 0 heterocycles. The Morgan fingerprint density at radius 2 is 1.83 bits per heavy atom. The van der Waals surface area contributed by atoms with Crippen LogP contribution in [-0.4, -0.2) is 4.92 Å². The van der Waals surface area contributed by atoms with Crippen molar-refractivity contribution in [1.29, 1.82) is 0 Å². The third kappa shape index (κ3) is 3.28. The van der Waals surface area contributed by atoms with Crippen LogP contribution in [0.3, 0.4) is 0 Å². The number of allylic oxidation sites excluding steroid dienone is 1. The second kappa shape index (κ2) is 5.77. The van der Waals surface area contributed by atoms with Crippen molar-refractivity contribution in [3.8, 4) is 0 Å². The van der Waals surface area contributed by atoms with Crippen LogP contribution < -0.4 is 0 Å². The molecule has 0 bridgehead atoms. The lowest BCUT2D eigenvalue weighted by molar-refractivity contribution is -0.384. The number of hydrogen-bond acceptors (Lipinski definition) is 2. The lowest BCUT2D eigenvalue weighted by atomic mass is 10.1. The highest BCUT2D eigenvalue weighted by Gasteiger charge is 2.03. The summed E-state index contributed by atoms with van der Waals surface area (Å²) in [5.41, 5.74) is 2.19. The van der Waals surface area contributed by atoms with Gasteiger partial charge in [-0.25, -0.2) is 0 Å². The van der Waals surface area contributed by atoms with Crippen LogP contribution in [0.25, 0.3) is 6.08 Å². The summed E-state index contributed by atoms with van der Waals surface area (Å²) in [5, 5.41) is 10.6. The first kappa shape index (κ1) is 12.0. The van der Waals surface area contributed by atoms with Crippen molar-refractivity contribution in [2.75, 3.05) is 0 Å². The van der Waals surface area contributed by atoms with E-state index >= 15 is 0 Å². The number of benzene rings is 2. The van der Waals surface area contributed by atoms with Crippen LogP contribution in [-0.2, 0) is 6.42 Å². The number of nitro groups is 1. The van der Waals surface area contributed by atoms with Gasteiger partial charge in [0.25, 0.3) is 5.69 Å². The molecule has 0 radical (unpaired) electrons. The lowest BCUT2D eigenvalue weighted by Crippen LogP contribution is -1.87. The molecule has 0 amide bonds. The molecule has 2 aromatic rings. The highest BCUT2D eigenvalue weighted by molar-refractivity contribution is 5.53. The monoisotopic (exact) mass is 239 g/mol. The average Bonchev–Trinajstić information content (AvgIpc) is 2.40. The van der Waals surface area contributed by atoms with Gasteiger partial charge in [-0.15, -0.1) is 0 Å². The van der Waals surface area contributed by atoms with Crippen LogP contribution >= 0.6 is 0 Å². The second-order valence-electron chi connectivity index (χ2n) is 3.94. The van der Waals surface area contributed by atoms with Gasteiger partial charge in [0.1, 0.15) is 0 Å². The molecule has 18 heavy (non-hydrogen) atoms. The molecule has 0 saturated carbocycles. The van der Waals surface area contributed by atoms with E-state index in [1.807, 2.05) is 36.4 Å². The molecule has 0 aliphatic rings. The van der Waals surface area contributed by atoms with Gasteiger partial charge in [-0.3, -0.25) is 10.1 Å². The molecule has 2 rings (SSSR count). The highest BCUT2D eigenvalue weighted by atomic mass is 16.6. The van der Waals surface area contributed by atoms with Crippen molar-refractivity contribution >= 4 is 11.8 Å². The summed E-state index contributed by atoms with van der Waals surface area (Å²) in [6, 6.07) is 16.7. The first-order chi connectivity index (χ1) is 8.75. The van der Waals surface area contributed by atoms with Gasteiger partial charge in [-0.2, -0.15) is 0 Å². The van der Waals surface area contributed by atoms with Gasteiger partial charge < -0.3 is 0 Å². The number of nitro benzene ring substituents is 1. The maximum absolute atomic E-state index is 10.6. The topological polar surface area (TPSA) is 43.1 Å². The van der Waals surface area contributed by atoms with Crippen LogP contribution in [0.15, 0.2) is 60.7 Å². The molecule has 3 nitrogen and oxygen atoms in total. The maximum Gasteiger partial charge on any atom is 0.270 e. The average molecular weight is 239 g/mol. The third-order valence-electron chi connectivity index (χ3n) is 2.59. The molecule has 0 N–H and O–H groups in total. The van der Waals surface area contributed by atoms with Crippen LogP contribution in [0.5, 0.6) is 0 Å². The first-order valence-corrected chi connectivity index (χ1v) is 5.70. The van der Waals surface area contributed by atoms with E-state index in [9.17, 15) is 10.1 Å². The van der Waals surface area contributed by atoms with Crippen LogP contribution in [0, 0.1) is 10.1 Å². The Bertz CT molecular complexity index is 562. The fourth-order valence-electron chi connectivity index (χ4n) is 1.69. The number of nitrogens with zero attached hydrogens (tertiary/aromatic N) is 1.